The molecule has 1 aromatic heterocycles. The summed E-state index contributed by atoms with van der Waals surface area (Å²) >= 11 is 8.31. The van der Waals surface area contributed by atoms with Crippen molar-refractivity contribution in [1.29, 1.82) is 0 Å². The maximum absolute atomic E-state index is 11.6. The molecule has 2 heterocycles. The van der Waals surface area contributed by atoms with Gasteiger partial charge < -0.3 is 5.32 Å². The van der Waals surface area contributed by atoms with Crippen molar-refractivity contribution in [1.82, 2.24) is 0 Å². The predicted octanol–water partition coefficient (Wildman–Crippen LogP) is 4.66. The van der Waals surface area contributed by atoms with E-state index in [0.29, 0.717) is 6.42 Å². The van der Waals surface area contributed by atoms with Crippen LogP contribution in [0.1, 0.15) is 39.8 Å². The first kappa shape index (κ1) is 13.7. The van der Waals surface area contributed by atoms with Crippen molar-refractivity contribution in [2.45, 2.75) is 31.6 Å². The van der Waals surface area contributed by atoms with Gasteiger partial charge in [-0.25, -0.2) is 0 Å². The Bertz CT molecular complexity index is 650. The van der Waals surface area contributed by atoms with E-state index in [2.05, 4.69) is 29.8 Å². The minimum atomic E-state index is -0.112. The summed E-state index contributed by atoms with van der Waals surface area (Å²) in [5.41, 5.74) is 4.46. The van der Waals surface area contributed by atoms with Gasteiger partial charge in [0.15, 0.2) is 0 Å². The molecule has 0 radical (unpaired) electrons. The van der Waals surface area contributed by atoms with Crippen molar-refractivity contribution in [3.63, 3.8) is 0 Å². The van der Waals surface area contributed by atoms with Gasteiger partial charge in [0.2, 0.25) is 5.91 Å². The maximum Gasteiger partial charge on any atom is 0.224 e. The second kappa shape index (κ2) is 5.58. The molecule has 0 saturated heterocycles. The highest BCUT2D eigenvalue weighted by Crippen LogP contribution is 2.36. The fourth-order valence-corrected chi connectivity index (χ4v) is 3.94. The average Bonchev–Trinajstić information content (AvgIpc) is 2.76. The van der Waals surface area contributed by atoms with E-state index in [1.165, 1.54) is 16.0 Å². The molecule has 20 heavy (non-hydrogen) atoms. The van der Waals surface area contributed by atoms with Gasteiger partial charge in [0, 0.05) is 17.0 Å². The van der Waals surface area contributed by atoms with Crippen LogP contribution in [-0.2, 0) is 11.2 Å². The molecule has 0 saturated carbocycles. The van der Waals surface area contributed by atoms with Crippen LogP contribution in [0.5, 0.6) is 0 Å². The molecule has 1 amide bonds. The third-order valence-electron chi connectivity index (χ3n) is 3.68. The molecular formula is C16H16ClNOS. The molecule has 0 fully saturated rings. The molecule has 1 unspecified atom stereocenters. The zero-order valence-electron chi connectivity index (χ0n) is 11.3. The highest BCUT2D eigenvalue weighted by atomic mass is 35.5. The first-order valence-electron chi connectivity index (χ1n) is 6.76. The lowest BCUT2D eigenvalue weighted by Gasteiger charge is -2.13. The van der Waals surface area contributed by atoms with Crippen molar-refractivity contribution in [3.8, 4) is 0 Å². The molecule has 1 N–H and O–H groups in total. The fourth-order valence-electron chi connectivity index (χ4n) is 2.55. The predicted molar refractivity (Wildman–Crippen MR) is 84.8 cm³/mol. The summed E-state index contributed by atoms with van der Waals surface area (Å²) in [5, 5.41) is 4.92. The molecule has 104 valence electrons. The second-order valence-corrected chi connectivity index (χ2v) is 6.53. The Morgan fingerprint density at radius 1 is 1.30 bits per heavy atom. The van der Waals surface area contributed by atoms with Gasteiger partial charge in [0.25, 0.3) is 0 Å². The number of halogens is 1. The fraction of sp³-hybridized carbons (Fsp3) is 0.312. The lowest BCUT2D eigenvalue weighted by atomic mass is 10.0. The van der Waals surface area contributed by atoms with Gasteiger partial charge >= 0.3 is 0 Å². The number of carbonyl (C=O) groups is 1. The monoisotopic (exact) mass is 305 g/mol. The highest BCUT2D eigenvalue weighted by Gasteiger charge is 2.18. The van der Waals surface area contributed by atoms with Crippen molar-refractivity contribution < 1.29 is 4.79 Å². The first-order chi connectivity index (χ1) is 9.65. The van der Waals surface area contributed by atoms with E-state index in [0.717, 1.165) is 24.1 Å². The zero-order chi connectivity index (χ0) is 14.1. The van der Waals surface area contributed by atoms with E-state index in [1.807, 2.05) is 12.1 Å². The SMILES string of the molecule is Cc1ccsc1C(Cl)c1ccc2c(c1)CCCC(=O)N2. The second-order valence-electron chi connectivity index (χ2n) is 5.15. The number of aryl methyl sites for hydroxylation is 2. The normalized spacial score (nSPS) is 16.2. The van der Waals surface area contributed by atoms with E-state index >= 15 is 0 Å². The molecule has 2 aromatic rings. The molecule has 1 aliphatic heterocycles. The topological polar surface area (TPSA) is 29.1 Å². The summed E-state index contributed by atoms with van der Waals surface area (Å²) in [6.07, 6.45) is 2.42. The van der Waals surface area contributed by atoms with Crippen LogP contribution in [0.3, 0.4) is 0 Å². The standard InChI is InChI=1S/C16H16ClNOS/c1-10-7-8-20-16(10)15(17)12-5-6-13-11(9-12)3-2-4-14(19)18-13/h5-9,15H,2-4H2,1H3,(H,18,19). The Morgan fingerprint density at radius 3 is 2.90 bits per heavy atom. The Kier molecular flexibility index (Phi) is 3.81. The third kappa shape index (κ3) is 2.60. The zero-order valence-corrected chi connectivity index (χ0v) is 12.9. The van der Waals surface area contributed by atoms with Crippen LogP contribution in [0.25, 0.3) is 0 Å². The smallest absolute Gasteiger partial charge is 0.224 e. The third-order valence-corrected chi connectivity index (χ3v) is 5.36. The lowest BCUT2D eigenvalue weighted by Crippen LogP contribution is -2.09. The van der Waals surface area contributed by atoms with Crippen LogP contribution < -0.4 is 5.32 Å². The van der Waals surface area contributed by atoms with Gasteiger partial charge in [0.1, 0.15) is 0 Å². The number of hydrogen-bond acceptors (Lipinski definition) is 2. The molecule has 3 rings (SSSR count). The highest BCUT2D eigenvalue weighted by molar-refractivity contribution is 7.10. The summed E-state index contributed by atoms with van der Waals surface area (Å²) in [6, 6.07) is 8.23. The van der Waals surface area contributed by atoms with E-state index in [1.54, 1.807) is 11.3 Å². The number of amides is 1. The number of fused-ring (bicyclic) bond motifs is 1. The molecule has 2 nitrogen and oxygen atoms in total. The first-order valence-corrected chi connectivity index (χ1v) is 8.07. The van der Waals surface area contributed by atoms with Crippen LogP contribution in [-0.4, -0.2) is 5.91 Å². The molecule has 1 atom stereocenters. The quantitative estimate of drug-likeness (QED) is 0.803. The van der Waals surface area contributed by atoms with Crippen molar-refractivity contribution in [2.24, 2.45) is 0 Å². The minimum absolute atomic E-state index is 0.105. The van der Waals surface area contributed by atoms with Crippen LogP contribution in [0.4, 0.5) is 5.69 Å². The van der Waals surface area contributed by atoms with Gasteiger partial charge in [-0.3, -0.25) is 4.79 Å². The van der Waals surface area contributed by atoms with Gasteiger partial charge in [0.05, 0.1) is 5.38 Å². The Morgan fingerprint density at radius 2 is 2.15 bits per heavy atom. The maximum atomic E-state index is 11.6. The van der Waals surface area contributed by atoms with E-state index in [4.69, 9.17) is 11.6 Å². The Hall–Kier alpha value is -1.32. The summed E-state index contributed by atoms with van der Waals surface area (Å²) in [7, 11) is 0. The van der Waals surface area contributed by atoms with Gasteiger partial charge in [-0.05, 0) is 54.0 Å². The summed E-state index contributed by atoms with van der Waals surface area (Å²) in [5.74, 6) is 0.105. The van der Waals surface area contributed by atoms with Crippen LogP contribution in [0.15, 0.2) is 29.6 Å². The number of rotatable bonds is 2. The minimum Gasteiger partial charge on any atom is -0.326 e. The molecule has 0 spiro atoms. The largest absolute Gasteiger partial charge is 0.326 e. The van der Waals surface area contributed by atoms with Gasteiger partial charge in [-0.1, -0.05) is 12.1 Å². The number of benzene rings is 1. The Labute approximate surface area is 127 Å². The number of anilines is 1. The number of thiophene rings is 1. The van der Waals surface area contributed by atoms with Gasteiger partial charge in [-0.2, -0.15) is 0 Å². The van der Waals surface area contributed by atoms with Crippen LogP contribution >= 0.6 is 22.9 Å². The number of hydrogen-bond donors (Lipinski definition) is 1. The molecule has 1 aromatic carbocycles. The molecule has 0 aliphatic carbocycles. The number of nitrogens with one attached hydrogen (secondary N) is 1. The molecular weight excluding hydrogens is 290 g/mol. The average molecular weight is 306 g/mol. The summed E-state index contributed by atoms with van der Waals surface area (Å²) < 4.78 is 0. The summed E-state index contributed by atoms with van der Waals surface area (Å²) in [6.45, 7) is 2.09. The lowest BCUT2D eigenvalue weighted by molar-refractivity contribution is -0.116. The van der Waals surface area contributed by atoms with Gasteiger partial charge in [-0.15, -0.1) is 22.9 Å². The molecule has 4 heteroatoms. The number of carbonyl (C=O) groups excluding carboxylic acids is 1. The van der Waals surface area contributed by atoms with E-state index in [-0.39, 0.29) is 11.3 Å². The van der Waals surface area contributed by atoms with E-state index in [9.17, 15) is 4.79 Å². The van der Waals surface area contributed by atoms with E-state index < -0.39 is 0 Å². The summed E-state index contributed by atoms with van der Waals surface area (Å²) in [4.78, 5) is 12.8. The van der Waals surface area contributed by atoms with Crippen molar-refractivity contribution in [3.05, 3.63) is 51.2 Å². The van der Waals surface area contributed by atoms with Crippen LogP contribution in [0, 0.1) is 6.92 Å². The van der Waals surface area contributed by atoms with Crippen LogP contribution in [0.2, 0.25) is 0 Å². The Balaban J connectivity index is 1.94. The van der Waals surface area contributed by atoms with Crippen molar-refractivity contribution >= 4 is 34.5 Å². The molecule has 0 bridgehead atoms. The molecule has 1 aliphatic rings. The number of alkyl halides is 1. The van der Waals surface area contributed by atoms with Crippen molar-refractivity contribution in [2.75, 3.05) is 5.32 Å².